The Morgan fingerprint density at radius 3 is 2.45 bits per heavy atom. The predicted octanol–water partition coefficient (Wildman–Crippen LogP) is 5.67. The van der Waals surface area contributed by atoms with Crippen molar-refractivity contribution < 1.29 is 9.53 Å². The first kappa shape index (κ1) is 22.6. The molecule has 7 nitrogen and oxygen atoms in total. The number of anilines is 1. The van der Waals surface area contributed by atoms with Crippen molar-refractivity contribution in [1.82, 2.24) is 14.8 Å². The number of hydrogen-bond acceptors (Lipinski definition) is 7. The fourth-order valence-corrected chi connectivity index (χ4v) is 3.94. The molecule has 1 aromatic heterocycles. The van der Waals surface area contributed by atoms with E-state index in [2.05, 4.69) is 20.7 Å². The topological polar surface area (TPSA) is 81.4 Å². The van der Waals surface area contributed by atoms with Crippen LogP contribution in [0.2, 0.25) is 5.02 Å². The molecule has 0 aliphatic rings. The van der Waals surface area contributed by atoms with Gasteiger partial charge in [0.05, 0.1) is 12.3 Å². The Morgan fingerprint density at radius 2 is 1.76 bits per heavy atom. The first-order valence-corrected chi connectivity index (χ1v) is 11.4. The molecule has 0 bridgehead atoms. The summed E-state index contributed by atoms with van der Waals surface area (Å²) in [5.74, 6) is 0.0798. The number of esters is 1. The molecule has 33 heavy (non-hydrogen) atoms. The van der Waals surface area contributed by atoms with Crippen molar-refractivity contribution in [2.75, 3.05) is 12.0 Å². The molecule has 4 aromatic rings. The number of ether oxygens (including phenoxy) is 1. The van der Waals surface area contributed by atoms with E-state index in [0.717, 1.165) is 23.0 Å². The molecule has 166 valence electrons. The SMILES string of the molecule is CCOC(=O)/C(=N/Nc1cccc(Cl)c1)Sc1nnc(-c2ccccc2)n1-c1ccccc1. The van der Waals surface area contributed by atoms with Gasteiger partial charge in [0.15, 0.2) is 5.82 Å². The quantitative estimate of drug-likeness (QED) is 0.127. The molecule has 1 N–H and O–H groups in total. The van der Waals surface area contributed by atoms with Gasteiger partial charge in [-0.2, -0.15) is 5.10 Å². The van der Waals surface area contributed by atoms with E-state index in [4.69, 9.17) is 16.3 Å². The maximum absolute atomic E-state index is 12.7. The highest BCUT2D eigenvalue weighted by Gasteiger charge is 2.22. The van der Waals surface area contributed by atoms with Gasteiger partial charge in [0.25, 0.3) is 0 Å². The lowest BCUT2D eigenvalue weighted by Crippen LogP contribution is -2.17. The van der Waals surface area contributed by atoms with E-state index >= 15 is 0 Å². The number of hydrazone groups is 1. The maximum atomic E-state index is 12.7. The van der Waals surface area contributed by atoms with Crippen LogP contribution in [0.4, 0.5) is 5.69 Å². The normalized spacial score (nSPS) is 11.3. The fourth-order valence-electron chi connectivity index (χ4n) is 2.98. The van der Waals surface area contributed by atoms with E-state index in [0.29, 0.717) is 21.7 Å². The van der Waals surface area contributed by atoms with Crippen molar-refractivity contribution in [3.05, 3.63) is 90.0 Å². The van der Waals surface area contributed by atoms with Gasteiger partial charge in [-0.3, -0.25) is 9.99 Å². The number of para-hydroxylation sites is 1. The second-order valence-electron chi connectivity index (χ2n) is 6.70. The highest BCUT2D eigenvalue weighted by Crippen LogP contribution is 2.29. The lowest BCUT2D eigenvalue weighted by molar-refractivity contribution is -0.134. The molecule has 0 saturated carbocycles. The predicted molar refractivity (Wildman–Crippen MR) is 132 cm³/mol. The van der Waals surface area contributed by atoms with E-state index < -0.39 is 5.97 Å². The minimum absolute atomic E-state index is 0.0843. The number of nitrogens with one attached hydrogen (secondary N) is 1. The summed E-state index contributed by atoms with van der Waals surface area (Å²) in [5, 5.41) is 14.1. The molecule has 0 aliphatic carbocycles. The monoisotopic (exact) mass is 477 g/mol. The number of halogens is 1. The first-order chi connectivity index (χ1) is 16.2. The first-order valence-electron chi connectivity index (χ1n) is 10.2. The van der Waals surface area contributed by atoms with Gasteiger partial charge in [-0.1, -0.05) is 66.2 Å². The third-order valence-electron chi connectivity index (χ3n) is 4.43. The van der Waals surface area contributed by atoms with E-state index in [9.17, 15) is 4.79 Å². The lowest BCUT2D eigenvalue weighted by Gasteiger charge is -2.11. The van der Waals surface area contributed by atoms with Crippen LogP contribution in [0.1, 0.15) is 6.92 Å². The number of thioether (sulfide) groups is 1. The minimum atomic E-state index is -0.569. The Labute approximate surface area is 200 Å². The highest BCUT2D eigenvalue weighted by molar-refractivity contribution is 8.15. The number of benzene rings is 3. The third kappa shape index (κ3) is 5.60. The zero-order valence-corrected chi connectivity index (χ0v) is 19.3. The van der Waals surface area contributed by atoms with Gasteiger partial charge in [-0.15, -0.1) is 10.2 Å². The van der Waals surface area contributed by atoms with Crippen molar-refractivity contribution in [3.63, 3.8) is 0 Å². The zero-order chi connectivity index (χ0) is 23.0. The van der Waals surface area contributed by atoms with Gasteiger partial charge in [-0.05, 0) is 49.0 Å². The number of rotatable bonds is 6. The smallest absolute Gasteiger partial charge is 0.365 e. The fraction of sp³-hybridized carbons (Fsp3) is 0.0833. The van der Waals surface area contributed by atoms with Crippen LogP contribution in [0.25, 0.3) is 17.1 Å². The van der Waals surface area contributed by atoms with Gasteiger partial charge < -0.3 is 4.74 Å². The summed E-state index contributed by atoms with van der Waals surface area (Å²) in [6.07, 6.45) is 0. The number of carbonyl (C=O) groups is 1. The second-order valence-corrected chi connectivity index (χ2v) is 8.10. The van der Waals surface area contributed by atoms with Crippen LogP contribution >= 0.6 is 23.4 Å². The van der Waals surface area contributed by atoms with E-state index in [1.807, 2.05) is 65.2 Å². The Morgan fingerprint density at radius 1 is 1.03 bits per heavy atom. The molecule has 0 fully saturated rings. The number of hydrogen-bond donors (Lipinski definition) is 1. The summed E-state index contributed by atoms with van der Waals surface area (Å²) >= 11 is 7.11. The number of nitrogens with zero attached hydrogens (tertiary/aromatic N) is 4. The average molecular weight is 478 g/mol. The van der Waals surface area contributed by atoms with Crippen LogP contribution in [0.15, 0.2) is 95.2 Å². The molecule has 0 atom stereocenters. The van der Waals surface area contributed by atoms with Crippen LogP contribution in [0, 0.1) is 0 Å². The van der Waals surface area contributed by atoms with E-state index in [1.165, 1.54) is 0 Å². The summed E-state index contributed by atoms with van der Waals surface area (Å²) in [6.45, 7) is 1.96. The van der Waals surface area contributed by atoms with E-state index in [1.54, 1.807) is 31.2 Å². The molecule has 3 aromatic carbocycles. The molecule has 1 heterocycles. The summed E-state index contributed by atoms with van der Waals surface area (Å²) < 4.78 is 7.09. The Bertz CT molecular complexity index is 1260. The molecule has 0 saturated heterocycles. The van der Waals surface area contributed by atoms with Crippen molar-refractivity contribution >= 4 is 40.1 Å². The highest BCUT2D eigenvalue weighted by atomic mass is 35.5. The summed E-state index contributed by atoms with van der Waals surface area (Å²) in [4.78, 5) is 12.7. The average Bonchev–Trinajstić information content (AvgIpc) is 3.26. The van der Waals surface area contributed by atoms with Gasteiger partial charge in [0, 0.05) is 16.3 Å². The van der Waals surface area contributed by atoms with Crippen LogP contribution < -0.4 is 5.43 Å². The standard InChI is InChI=1S/C24H20ClN5O2S/c1-2-32-23(31)22(28-26-19-13-9-12-18(25)16-19)33-24-29-27-21(17-10-5-3-6-11-17)30(24)20-14-7-4-8-15-20/h3-16,26H,2H2,1H3/b28-22-. The zero-order valence-electron chi connectivity index (χ0n) is 17.7. The van der Waals surface area contributed by atoms with Gasteiger partial charge in [0.2, 0.25) is 10.2 Å². The molecule has 9 heteroatoms. The summed E-state index contributed by atoms with van der Waals surface area (Å²) in [7, 11) is 0. The Hall–Kier alpha value is -3.62. The van der Waals surface area contributed by atoms with E-state index in [-0.39, 0.29) is 11.7 Å². The van der Waals surface area contributed by atoms with Crippen LogP contribution in [0.3, 0.4) is 0 Å². The van der Waals surface area contributed by atoms with Crippen molar-refractivity contribution in [3.8, 4) is 17.1 Å². The van der Waals surface area contributed by atoms with Crippen LogP contribution in [-0.4, -0.2) is 32.4 Å². The van der Waals surface area contributed by atoms with Crippen molar-refractivity contribution in [1.29, 1.82) is 0 Å². The molecule has 0 amide bonds. The Kier molecular flexibility index (Phi) is 7.39. The lowest BCUT2D eigenvalue weighted by atomic mass is 10.2. The number of aromatic nitrogens is 3. The molecule has 4 rings (SSSR count). The minimum Gasteiger partial charge on any atom is -0.461 e. The maximum Gasteiger partial charge on any atom is 0.365 e. The van der Waals surface area contributed by atoms with Gasteiger partial charge in [0.1, 0.15) is 0 Å². The molecular weight excluding hydrogens is 458 g/mol. The largest absolute Gasteiger partial charge is 0.461 e. The Balaban J connectivity index is 1.73. The summed E-state index contributed by atoms with van der Waals surface area (Å²) in [6, 6.07) is 26.5. The van der Waals surface area contributed by atoms with Gasteiger partial charge >= 0.3 is 5.97 Å². The number of carbonyl (C=O) groups excluding carboxylic acids is 1. The van der Waals surface area contributed by atoms with Crippen LogP contribution in [0.5, 0.6) is 0 Å². The summed E-state index contributed by atoms with van der Waals surface area (Å²) in [5.41, 5.74) is 5.26. The molecular formula is C24H20ClN5O2S. The second kappa shape index (κ2) is 10.8. The third-order valence-corrected chi connectivity index (χ3v) is 5.56. The van der Waals surface area contributed by atoms with Crippen molar-refractivity contribution in [2.24, 2.45) is 5.10 Å². The van der Waals surface area contributed by atoms with Gasteiger partial charge in [-0.25, -0.2) is 4.79 Å². The molecule has 0 spiro atoms. The molecule has 0 unspecified atom stereocenters. The molecule has 0 aliphatic heterocycles. The van der Waals surface area contributed by atoms with Crippen LogP contribution in [-0.2, 0) is 9.53 Å². The van der Waals surface area contributed by atoms with Crippen molar-refractivity contribution in [2.45, 2.75) is 12.1 Å². The molecule has 0 radical (unpaired) electrons.